The molecule has 4 N–H and O–H groups in total. The predicted octanol–water partition coefficient (Wildman–Crippen LogP) is 3.82. The zero-order valence-electron chi connectivity index (χ0n) is 21.0. The Morgan fingerprint density at radius 2 is 1.95 bits per heavy atom. The van der Waals surface area contributed by atoms with Gasteiger partial charge in [0, 0.05) is 26.1 Å². The van der Waals surface area contributed by atoms with Crippen molar-refractivity contribution in [3.63, 3.8) is 0 Å². The average molecular weight is 526 g/mol. The van der Waals surface area contributed by atoms with Crippen LogP contribution >= 0.6 is 0 Å². The molecule has 0 saturated heterocycles. The molecular weight excluding hydrogens is 494 g/mol. The number of anilines is 2. The van der Waals surface area contributed by atoms with Gasteiger partial charge in [-0.15, -0.1) is 0 Å². The van der Waals surface area contributed by atoms with Crippen molar-refractivity contribution in [2.75, 3.05) is 38.4 Å². The van der Waals surface area contributed by atoms with Gasteiger partial charge in [0.1, 0.15) is 23.0 Å². The Morgan fingerprint density at radius 3 is 2.65 bits per heavy atom. The smallest absolute Gasteiger partial charge is 0.304 e. The normalized spacial score (nSPS) is 15.6. The number of nitrogen functional groups attached to an aromatic ring is 1. The van der Waals surface area contributed by atoms with E-state index in [0.29, 0.717) is 28.4 Å². The number of nitrogens with one attached hydrogen (secondary N) is 1. The maximum Gasteiger partial charge on any atom is 0.304 e. The van der Waals surface area contributed by atoms with Crippen LogP contribution in [-0.4, -0.2) is 51.1 Å². The van der Waals surface area contributed by atoms with Crippen molar-refractivity contribution >= 4 is 27.4 Å². The highest BCUT2D eigenvalue weighted by Gasteiger charge is 2.31. The Kier molecular flexibility index (Phi) is 7.60. The van der Waals surface area contributed by atoms with E-state index in [0.717, 1.165) is 16.7 Å². The van der Waals surface area contributed by atoms with E-state index in [9.17, 15) is 18.3 Å². The van der Waals surface area contributed by atoms with E-state index in [1.807, 2.05) is 25.1 Å². The van der Waals surface area contributed by atoms with Crippen molar-refractivity contribution in [1.82, 2.24) is 4.31 Å². The minimum absolute atomic E-state index is 0.129. The number of aliphatic carboxylic acids is 1. The lowest BCUT2D eigenvalue weighted by Gasteiger charge is -2.23. The number of benzene rings is 3. The first kappa shape index (κ1) is 26.3. The Balaban J connectivity index is 1.74. The number of hydrogen-bond donors (Lipinski definition) is 3. The number of rotatable bonds is 8. The molecule has 0 aromatic heterocycles. The number of carbonyl (C=O) groups is 1. The van der Waals surface area contributed by atoms with Crippen molar-refractivity contribution in [1.29, 1.82) is 0 Å². The van der Waals surface area contributed by atoms with Gasteiger partial charge in [-0.1, -0.05) is 30.3 Å². The molecule has 0 spiro atoms. The zero-order valence-corrected chi connectivity index (χ0v) is 21.8. The van der Waals surface area contributed by atoms with E-state index < -0.39 is 21.9 Å². The summed E-state index contributed by atoms with van der Waals surface area (Å²) >= 11 is 0. The summed E-state index contributed by atoms with van der Waals surface area (Å²) in [4.78, 5) is 12.0. The molecule has 37 heavy (non-hydrogen) atoms. The molecule has 0 bridgehead atoms. The van der Waals surface area contributed by atoms with Crippen molar-refractivity contribution in [3.05, 3.63) is 76.9 Å². The van der Waals surface area contributed by atoms with Crippen molar-refractivity contribution < 1.29 is 27.8 Å². The Labute approximate surface area is 216 Å². The monoisotopic (exact) mass is 525 g/mol. The van der Waals surface area contributed by atoms with E-state index in [1.165, 1.54) is 11.4 Å². The minimum atomic E-state index is -3.79. The number of aryl methyl sites for hydroxylation is 1. The average Bonchev–Trinajstić information content (AvgIpc) is 2.99. The van der Waals surface area contributed by atoms with Crippen LogP contribution in [0.4, 0.5) is 11.4 Å². The van der Waals surface area contributed by atoms with Gasteiger partial charge in [0.15, 0.2) is 0 Å². The Bertz CT molecular complexity index is 1420. The molecule has 1 atom stereocenters. The van der Waals surface area contributed by atoms with Gasteiger partial charge in [-0.05, 0) is 53.4 Å². The molecule has 196 valence electrons. The molecular formula is C27H31N3O6S. The summed E-state index contributed by atoms with van der Waals surface area (Å²) in [5, 5.41) is 12.7. The number of ether oxygens (including phenoxy) is 2. The van der Waals surface area contributed by atoms with E-state index in [2.05, 4.69) is 5.32 Å². The fourth-order valence-electron chi connectivity index (χ4n) is 4.62. The fourth-order valence-corrected chi connectivity index (χ4v) is 6.16. The van der Waals surface area contributed by atoms with Crippen LogP contribution in [0.5, 0.6) is 11.5 Å². The first-order valence-electron chi connectivity index (χ1n) is 11.8. The van der Waals surface area contributed by atoms with Gasteiger partial charge in [-0.3, -0.25) is 4.79 Å². The molecule has 1 unspecified atom stereocenters. The number of carboxylic acid groups (broad SMARTS) is 1. The summed E-state index contributed by atoms with van der Waals surface area (Å²) in [5.41, 5.74) is 10.4. The topological polar surface area (TPSA) is 131 Å². The maximum absolute atomic E-state index is 13.4. The minimum Gasteiger partial charge on any atom is -0.494 e. The molecule has 9 nitrogen and oxygen atoms in total. The third-order valence-electron chi connectivity index (χ3n) is 6.59. The molecule has 10 heteroatoms. The van der Waals surface area contributed by atoms with Crippen LogP contribution in [0.15, 0.2) is 59.5 Å². The van der Waals surface area contributed by atoms with Crippen molar-refractivity contribution in [2.45, 2.75) is 30.7 Å². The Hall–Kier alpha value is -3.76. The number of sulfonamides is 1. The van der Waals surface area contributed by atoms with Crippen LogP contribution in [0.25, 0.3) is 0 Å². The summed E-state index contributed by atoms with van der Waals surface area (Å²) in [6.07, 6.45) is -0.173. The quantitative estimate of drug-likeness (QED) is 0.378. The van der Waals surface area contributed by atoms with Crippen molar-refractivity contribution in [3.8, 4) is 11.5 Å². The van der Waals surface area contributed by atoms with E-state index in [-0.39, 0.29) is 31.0 Å². The summed E-state index contributed by atoms with van der Waals surface area (Å²) in [6.45, 7) is 2.46. The highest BCUT2D eigenvalue weighted by atomic mass is 32.2. The predicted molar refractivity (Wildman–Crippen MR) is 142 cm³/mol. The number of methoxy groups -OCH3 is 1. The third-order valence-corrected chi connectivity index (χ3v) is 8.48. The largest absolute Gasteiger partial charge is 0.494 e. The van der Waals surface area contributed by atoms with Gasteiger partial charge in [0.05, 0.1) is 24.9 Å². The molecule has 1 aliphatic heterocycles. The molecule has 3 aromatic carbocycles. The second-order valence-electron chi connectivity index (χ2n) is 8.91. The molecule has 0 amide bonds. The number of hydrogen-bond acceptors (Lipinski definition) is 7. The fraction of sp³-hybridized carbons (Fsp3) is 0.296. The zero-order chi connectivity index (χ0) is 26.7. The molecule has 3 aromatic rings. The highest BCUT2D eigenvalue weighted by Crippen LogP contribution is 2.39. The van der Waals surface area contributed by atoms with Crippen LogP contribution < -0.4 is 20.5 Å². The lowest BCUT2D eigenvalue weighted by Crippen LogP contribution is -2.32. The highest BCUT2D eigenvalue weighted by molar-refractivity contribution is 7.89. The van der Waals surface area contributed by atoms with E-state index in [4.69, 9.17) is 15.2 Å². The molecule has 1 heterocycles. The van der Waals surface area contributed by atoms with Gasteiger partial charge in [0.25, 0.3) is 0 Å². The standard InChI is InChI=1S/C27H31N3O6S/c1-17-8-9-18(21(15-26(31)32)19-13-22(28)27(29-2)24(14-19)35-3)12-20(17)16-30-10-11-36-23-6-4-5-7-25(23)37(30,33)34/h4-9,12-14,21,29H,10-11,15-16,28H2,1-3H3,(H,31,32). The molecule has 4 rings (SSSR count). The number of nitrogens with two attached hydrogens (primary N) is 1. The molecule has 0 saturated carbocycles. The number of carboxylic acids is 1. The van der Waals surface area contributed by atoms with Crippen LogP contribution in [0.1, 0.15) is 34.6 Å². The summed E-state index contributed by atoms with van der Waals surface area (Å²) in [7, 11) is -0.528. The van der Waals surface area contributed by atoms with Crippen LogP contribution in [0, 0.1) is 6.92 Å². The van der Waals surface area contributed by atoms with Gasteiger partial charge in [-0.25, -0.2) is 8.42 Å². The number of nitrogens with zero attached hydrogens (tertiary/aromatic N) is 1. The summed E-state index contributed by atoms with van der Waals surface area (Å²) < 4.78 is 39.4. The summed E-state index contributed by atoms with van der Waals surface area (Å²) in [5.74, 6) is -0.641. The van der Waals surface area contributed by atoms with Crippen LogP contribution in [0.2, 0.25) is 0 Å². The third kappa shape index (κ3) is 5.35. The second kappa shape index (κ2) is 10.7. The second-order valence-corrected chi connectivity index (χ2v) is 10.8. The summed E-state index contributed by atoms with van der Waals surface area (Å²) in [6, 6.07) is 15.8. The number of fused-ring (bicyclic) bond motifs is 1. The Morgan fingerprint density at radius 1 is 1.19 bits per heavy atom. The van der Waals surface area contributed by atoms with Crippen molar-refractivity contribution in [2.24, 2.45) is 0 Å². The lowest BCUT2D eigenvalue weighted by molar-refractivity contribution is -0.137. The van der Waals surface area contributed by atoms with Gasteiger partial charge >= 0.3 is 5.97 Å². The molecule has 0 fully saturated rings. The van der Waals surface area contributed by atoms with Gasteiger partial charge in [0.2, 0.25) is 10.0 Å². The number of para-hydroxylation sites is 1. The van der Waals surface area contributed by atoms with E-state index in [1.54, 1.807) is 43.4 Å². The first-order chi connectivity index (χ1) is 17.6. The SMILES string of the molecule is CNc1c(N)cc(C(CC(=O)O)c2ccc(C)c(CN3CCOc4ccccc4S3(=O)=O)c2)cc1OC. The van der Waals surface area contributed by atoms with Gasteiger partial charge in [-0.2, -0.15) is 4.31 Å². The van der Waals surface area contributed by atoms with Gasteiger partial charge < -0.3 is 25.6 Å². The maximum atomic E-state index is 13.4. The molecule has 0 radical (unpaired) electrons. The first-order valence-corrected chi connectivity index (χ1v) is 13.3. The van der Waals surface area contributed by atoms with Crippen LogP contribution in [0.3, 0.4) is 0 Å². The van der Waals surface area contributed by atoms with E-state index >= 15 is 0 Å². The van der Waals surface area contributed by atoms with Crippen LogP contribution in [-0.2, 0) is 21.4 Å². The molecule has 1 aliphatic rings. The lowest BCUT2D eigenvalue weighted by atomic mass is 9.86. The molecule has 0 aliphatic carbocycles.